The molecule has 0 amide bonds. The van der Waals surface area contributed by atoms with E-state index in [1.807, 2.05) is 17.4 Å². The number of thiophene rings is 1. The lowest BCUT2D eigenvalue weighted by atomic mass is 9.99. The molecule has 13 rings (SSSR count). The van der Waals surface area contributed by atoms with Gasteiger partial charge in [0.15, 0.2) is 17.5 Å². The number of furan rings is 1. The first-order valence-corrected chi connectivity index (χ1v) is 21.9. The Bertz CT molecular complexity index is 3880. The molecule has 0 unspecified atom stereocenters. The molecule has 13 aromatic rings. The van der Waals surface area contributed by atoms with Crippen LogP contribution in [0.15, 0.2) is 211 Å². The van der Waals surface area contributed by atoms with E-state index in [4.69, 9.17) is 19.4 Å². The molecule has 0 saturated carbocycles. The third-order valence-electron chi connectivity index (χ3n) is 12.2. The van der Waals surface area contributed by atoms with Gasteiger partial charge in [-0.2, -0.15) is 0 Å². The quantitative estimate of drug-likeness (QED) is 0.168. The Morgan fingerprint density at radius 3 is 1.56 bits per heavy atom. The summed E-state index contributed by atoms with van der Waals surface area (Å²) >= 11 is 1.83. The molecular weight excluding hydrogens is 789 g/mol. The number of hydrogen-bond acceptors (Lipinski definition) is 5. The molecule has 0 saturated heterocycles. The maximum Gasteiger partial charge on any atom is 0.164 e. The van der Waals surface area contributed by atoms with E-state index < -0.39 is 0 Å². The summed E-state index contributed by atoms with van der Waals surface area (Å²) < 4.78 is 11.3. The van der Waals surface area contributed by atoms with Gasteiger partial charge < -0.3 is 8.98 Å². The highest BCUT2D eigenvalue weighted by molar-refractivity contribution is 7.26. The predicted octanol–water partition coefficient (Wildman–Crippen LogP) is 15.6. The lowest BCUT2D eigenvalue weighted by Crippen LogP contribution is -2.01. The second-order valence-electron chi connectivity index (χ2n) is 16.0. The number of hydrogen-bond donors (Lipinski definition) is 0. The minimum Gasteiger partial charge on any atom is -0.456 e. The van der Waals surface area contributed by atoms with Crippen LogP contribution in [0, 0.1) is 0 Å². The fourth-order valence-corrected chi connectivity index (χ4v) is 10.4. The fourth-order valence-electron chi connectivity index (χ4n) is 9.32. The van der Waals surface area contributed by atoms with Gasteiger partial charge in [0, 0.05) is 64.1 Å². The Kier molecular flexibility index (Phi) is 8.01. The van der Waals surface area contributed by atoms with Crippen LogP contribution < -0.4 is 0 Å². The summed E-state index contributed by atoms with van der Waals surface area (Å²) in [6.07, 6.45) is 0. The molecule has 0 aliphatic heterocycles. The van der Waals surface area contributed by atoms with Crippen molar-refractivity contribution in [2.75, 3.05) is 0 Å². The van der Waals surface area contributed by atoms with Gasteiger partial charge in [-0.3, -0.25) is 0 Å². The molecule has 0 fully saturated rings. The van der Waals surface area contributed by atoms with Crippen molar-refractivity contribution in [3.63, 3.8) is 0 Å². The Morgan fingerprint density at radius 2 is 0.857 bits per heavy atom. The predicted molar refractivity (Wildman–Crippen MR) is 262 cm³/mol. The number of rotatable bonds is 6. The van der Waals surface area contributed by atoms with E-state index in [0.717, 1.165) is 77.6 Å². The number of aromatic nitrogens is 4. The molecule has 4 aromatic heterocycles. The first-order valence-electron chi connectivity index (χ1n) is 21.1. The average molecular weight is 823 g/mol. The molecule has 0 aliphatic carbocycles. The standard InChI is InChI=1S/C57H34N4OS/c1-2-13-35(14-3-1)36-15-10-17-39(31-36)55-58-56(60-57(59-55)41-19-12-20-42(33-41)61-47-24-7-4-21-43(47)44-22-5-8-25-48(44)61)40-18-11-16-37(32-40)38-27-28-49-46(34-38)53-50(62-49)29-30-52-54(53)45-23-6-9-26-51(45)63-52/h1-34H. The van der Waals surface area contributed by atoms with Crippen LogP contribution in [0.5, 0.6) is 0 Å². The van der Waals surface area contributed by atoms with Gasteiger partial charge >= 0.3 is 0 Å². The minimum absolute atomic E-state index is 0.602. The third kappa shape index (κ3) is 5.87. The Morgan fingerprint density at radius 1 is 0.333 bits per heavy atom. The zero-order chi connectivity index (χ0) is 41.4. The minimum atomic E-state index is 0.602. The zero-order valence-corrected chi connectivity index (χ0v) is 34.6. The summed E-state index contributed by atoms with van der Waals surface area (Å²) in [5, 5.41) is 7.21. The van der Waals surface area contributed by atoms with Crippen molar-refractivity contribution in [1.82, 2.24) is 19.5 Å². The molecule has 4 heterocycles. The maximum absolute atomic E-state index is 6.46. The van der Waals surface area contributed by atoms with E-state index in [9.17, 15) is 0 Å². The van der Waals surface area contributed by atoms with E-state index in [1.165, 1.54) is 30.9 Å². The van der Waals surface area contributed by atoms with Gasteiger partial charge in [-0.05, 0) is 89.0 Å². The van der Waals surface area contributed by atoms with E-state index in [-0.39, 0.29) is 0 Å². The van der Waals surface area contributed by atoms with Gasteiger partial charge in [-0.25, -0.2) is 15.0 Å². The van der Waals surface area contributed by atoms with E-state index in [2.05, 4.69) is 205 Å². The molecule has 294 valence electrons. The molecule has 0 N–H and O–H groups in total. The fraction of sp³-hybridized carbons (Fsp3) is 0. The molecule has 0 atom stereocenters. The topological polar surface area (TPSA) is 56.7 Å². The molecule has 0 aliphatic rings. The van der Waals surface area contributed by atoms with Gasteiger partial charge in [0.05, 0.1) is 11.0 Å². The van der Waals surface area contributed by atoms with Crippen molar-refractivity contribution >= 4 is 75.3 Å². The summed E-state index contributed by atoms with van der Waals surface area (Å²) in [5.74, 6) is 1.82. The molecular formula is C57H34N4OS. The first-order chi connectivity index (χ1) is 31.2. The molecule has 63 heavy (non-hydrogen) atoms. The number of para-hydroxylation sites is 2. The van der Waals surface area contributed by atoms with Crippen LogP contribution in [-0.2, 0) is 0 Å². The van der Waals surface area contributed by atoms with Gasteiger partial charge in [-0.1, -0.05) is 140 Å². The van der Waals surface area contributed by atoms with Crippen molar-refractivity contribution in [3.05, 3.63) is 206 Å². The molecule has 0 spiro atoms. The molecule has 0 radical (unpaired) electrons. The van der Waals surface area contributed by atoms with Crippen molar-refractivity contribution in [1.29, 1.82) is 0 Å². The summed E-state index contributed by atoms with van der Waals surface area (Å²) in [5.41, 5.74) is 12.2. The van der Waals surface area contributed by atoms with E-state index in [1.54, 1.807) is 0 Å². The summed E-state index contributed by atoms with van der Waals surface area (Å²) in [7, 11) is 0. The number of fused-ring (bicyclic) bond motifs is 10. The van der Waals surface area contributed by atoms with Crippen molar-refractivity contribution in [2.24, 2.45) is 0 Å². The largest absolute Gasteiger partial charge is 0.456 e. The Hall–Kier alpha value is -8.19. The van der Waals surface area contributed by atoms with Gasteiger partial charge in [0.1, 0.15) is 11.2 Å². The van der Waals surface area contributed by atoms with Crippen LogP contribution in [0.1, 0.15) is 0 Å². The number of benzene rings is 9. The van der Waals surface area contributed by atoms with Crippen LogP contribution in [0.2, 0.25) is 0 Å². The molecule has 5 nitrogen and oxygen atoms in total. The Labute approximate surface area is 365 Å². The van der Waals surface area contributed by atoms with Crippen LogP contribution in [0.4, 0.5) is 0 Å². The average Bonchev–Trinajstić information content (AvgIpc) is 4.03. The highest BCUT2D eigenvalue weighted by Gasteiger charge is 2.19. The Balaban J connectivity index is 0.971. The normalized spacial score (nSPS) is 11.8. The summed E-state index contributed by atoms with van der Waals surface area (Å²) in [4.78, 5) is 15.7. The van der Waals surface area contributed by atoms with Crippen molar-refractivity contribution < 1.29 is 4.42 Å². The van der Waals surface area contributed by atoms with Crippen LogP contribution >= 0.6 is 11.3 Å². The summed E-state index contributed by atoms with van der Waals surface area (Å²) in [6, 6.07) is 72.6. The van der Waals surface area contributed by atoms with E-state index >= 15 is 0 Å². The zero-order valence-electron chi connectivity index (χ0n) is 33.7. The molecule has 6 heteroatoms. The SMILES string of the molecule is c1ccc(-c2cccc(-c3nc(-c4cccc(-c5ccc6oc7ccc8sc9ccccc9c8c7c6c5)c4)nc(-c4cccc(-n5c6ccccc6c6ccccc65)c4)n3)c2)cc1. The van der Waals surface area contributed by atoms with Gasteiger partial charge in [0.25, 0.3) is 0 Å². The highest BCUT2D eigenvalue weighted by Crippen LogP contribution is 2.43. The van der Waals surface area contributed by atoms with Crippen LogP contribution in [0.3, 0.4) is 0 Å². The van der Waals surface area contributed by atoms with Crippen LogP contribution in [0.25, 0.3) is 126 Å². The van der Waals surface area contributed by atoms with Gasteiger partial charge in [-0.15, -0.1) is 11.3 Å². The van der Waals surface area contributed by atoms with Crippen molar-refractivity contribution in [2.45, 2.75) is 0 Å². The third-order valence-corrected chi connectivity index (χ3v) is 13.4. The van der Waals surface area contributed by atoms with Crippen molar-refractivity contribution in [3.8, 4) is 62.1 Å². The highest BCUT2D eigenvalue weighted by atomic mass is 32.1. The monoisotopic (exact) mass is 822 g/mol. The maximum atomic E-state index is 6.46. The van der Waals surface area contributed by atoms with Gasteiger partial charge in [0.2, 0.25) is 0 Å². The van der Waals surface area contributed by atoms with E-state index in [0.29, 0.717) is 17.5 Å². The molecule has 9 aromatic carbocycles. The lowest BCUT2D eigenvalue weighted by molar-refractivity contribution is 0.669. The first kappa shape index (κ1) is 35.6. The number of nitrogens with zero attached hydrogens (tertiary/aromatic N) is 4. The smallest absolute Gasteiger partial charge is 0.164 e. The molecule has 0 bridgehead atoms. The summed E-state index contributed by atoms with van der Waals surface area (Å²) in [6.45, 7) is 0. The van der Waals surface area contributed by atoms with Crippen LogP contribution in [-0.4, -0.2) is 19.5 Å². The lowest BCUT2D eigenvalue weighted by Gasteiger charge is -2.12. The second kappa shape index (κ2) is 14.2. The second-order valence-corrected chi connectivity index (χ2v) is 17.1.